The predicted octanol–water partition coefficient (Wildman–Crippen LogP) is 0.966. The van der Waals surface area contributed by atoms with Crippen LogP contribution in [-0.4, -0.2) is 44.4 Å². The number of benzene rings is 1. The summed E-state index contributed by atoms with van der Waals surface area (Å²) >= 11 is 1.46. The third kappa shape index (κ3) is 6.58. The first kappa shape index (κ1) is 16.5. The lowest BCUT2D eigenvalue weighted by Crippen LogP contribution is -2.38. The Labute approximate surface area is 123 Å². The van der Waals surface area contributed by atoms with Crippen molar-refractivity contribution < 1.29 is 14.3 Å². The van der Waals surface area contributed by atoms with Gasteiger partial charge >= 0.3 is 0 Å². The third-order valence-corrected chi connectivity index (χ3v) is 3.70. The monoisotopic (exact) mass is 296 g/mol. The van der Waals surface area contributed by atoms with E-state index in [4.69, 9.17) is 4.74 Å². The number of amides is 2. The van der Waals surface area contributed by atoms with Gasteiger partial charge in [-0.05, 0) is 18.6 Å². The molecule has 0 aliphatic carbocycles. The molecule has 0 bridgehead atoms. The van der Waals surface area contributed by atoms with Gasteiger partial charge in [0.1, 0.15) is 0 Å². The Morgan fingerprint density at radius 3 is 2.65 bits per heavy atom. The second-order valence-corrected chi connectivity index (χ2v) is 5.19. The van der Waals surface area contributed by atoms with Crippen molar-refractivity contribution in [2.24, 2.45) is 0 Å². The van der Waals surface area contributed by atoms with E-state index < -0.39 is 0 Å². The van der Waals surface area contributed by atoms with Crippen molar-refractivity contribution in [3.63, 3.8) is 0 Å². The number of carbonyl (C=O) groups excluding carboxylic acids is 2. The summed E-state index contributed by atoms with van der Waals surface area (Å²) < 4.78 is 4.81. The zero-order valence-corrected chi connectivity index (χ0v) is 12.6. The highest BCUT2D eigenvalue weighted by atomic mass is 32.2. The number of methoxy groups -OCH3 is 1. The molecule has 1 rings (SSSR count). The van der Waals surface area contributed by atoms with E-state index in [1.165, 1.54) is 11.8 Å². The minimum Gasteiger partial charge on any atom is -0.383 e. The third-order valence-electron chi connectivity index (χ3n) is 2.53. The number of thioether (sulfide) groups is 1. The van der Waals surface area contributed by atoms with Gasteiger partial charge < -0.3 is 15.4 Å². The molecule has 5 nitrogen and oxygen atoms in total. The van der Waals surface area contributed by atoms with E-state index in [9.17, 15) is 9.59 Å². The summed E-state index contributed by atoms with van der Waals surface area (Å²) in [6.07, 6.45) is 0. The molecule has 0 heterocycles. The first-order valence-electron chi connectivity index (χ1n) is 6.34. The van der Waals surface area contributed by atoms with Gasteiger partial charge in [0.25, 0.3) is 0 Å². The van der Waals surface area contributed by atoms with Crippen molar-refractivity contribution in [3.05, 3.63) is 29.8 Å². The van der Waals surface area contributed by atoms with E-state index in [0.717, 1.165) is 10.5 Å². The average molecular weight is 296 g/mol. The number of hydrogen-bond acceptors (Lipinski definition) is 4. The molecule has 0 aliphatic heterocycles. The van der Waals surface area contributed by atoms with Crippen LogP contribution in [0.15, 0.2) is 29.2 Å². The number of nitrogens with one attached hydrogen (secondary N) is 2. The van der Waals surface area contributed by atoms with Crippen LogP contribution in [0.3, 0.4) is 0 Å². The van der Waals surface area contributed by atoms with Gasteiger partial charge in [-0.1, -0.05) is 18.2 Å². The molecule has 20 heavy (non-hydrogen) atoms. The molecule has 0 fully saturated rings. The Kier molecular flexibility index (Phi) is 7.75. The summed E-state index contributed by atoms with van der Waals surface area (Å²) in [5.41, 5.74) is 1.14. The SMILES string of the molecule is COCCNC(=O)CNC(=O)CSc1ccccc1C. The van der Waals surface area contributed by atoms with Crippen molar-refractivity contribution in [2.75, 3.05) is 32.6 Å². The second-order valence-electron chi connectivity index (χ2n) is 4.17. The quantitative estimate of drug-likeness (QED) is 0.554. The summed E-state index contributed by atoms with van der Waals surface area (Å²) in [7, 11) is 1.57. The second kappa shape index (κ2) is 9.39. The minimum atomic E-state index is -0.212. The summed E-state index contributed by atoms with van der Waals surface area (Å²) in [6, 6.07) is 7.88. The fourth-order valence-electron chi connectivity index (χ4n) is 1.45. The number of aryl methyl sites for hydroxylation is 1. The van der Waals surface area contributed by atoms with Crippen molar-refractivity contribution in [2.45, 2.75) is 11.8 Å². The van der Waals surface area contributed by atoms with Gasteiger partial charge in [0.05, 0.1) is 18.9 Å². The van der Waals surface area contributed by atoms with E-state index in [-0.39, 0.29) is 18.4 Å². The van der Waals surface area contributed by atoms with Crippen LogP contribution in [0, 0.1) is 6.92 Å². The lowest BCUT2D eigenvalue weighted by Gasteiger charge is -2.07. The van der Waals surface area contributed by atoms with Crippen LogP contribution in [0.2, 0.25) is 0 Å². The molecule has 0 aromatic heterocycles. The summed E-state index contributed by atoms with van der Waals surface area (Å²) in [5, 5.41) is 5.22. The summed E-state index contributed by atoms with van der Waals surface area (Å²) in [4.78, 5) is 24.1. The van der Waals surface area contributed by atoms with Crippen molar-refractivity contribution in [1.29, 1.82) is 0 Å². The van der Waals surface area contributed by atoms with Gasteiger partial charge in [0, 0.05) is 18.6 Å². The molecule has 0 atom stereocenters. The minimum absolute atomic E-state index is 0.00310. The van der Waals surface area contributed by atoms with E-state index in [2.05, 4.69) is 10.6 Å². The number of carbonyl (C=O) groups is 2. The number of ether oxygens (including phenoxy) is 1. The molecular formula is C14H20N2O3S. The highest BCUT2D eigenvalue weighted by molar-refractivity contribution is 8.00. The maximum atomic E-state index is 11.6. The van der Waals surface area contributed by atoms with Crippen LogP contribution in [0.5, 0.6) is 0 Å². The molecule has 0 radical (unpaired) electrons. The maximum Gasteiger partial charge on any atom is 0.239 e. The van der Waals surface area contributed by atoms with Crippen molar-refractivity contribution in [1.82, 2.24) is 10.6 Å². The van der Waals surface area contributed by atoms with E-state index in [1.54, 1.807) is 7.11 Å². The standard InChI is InChI=1S/C14H20N2O3S/c1-11-5-3-4-6-12(11)20-10-14(18)16-9-13(17)15-7-8-19-2/h3-6H,7-10H2,1-2H3,(H,15,17)(H,16,18). The van der Waals surface area contributed by atoms with Gasteiger partial charge in [-0.3, -0.25) is 9.59 Å². The lowest BCUT2D eigenvalue weighted by molar-refractivity contribution is -0.124. The Balaban J connectivity index is 2.21. The van der Waals surface area contributed by atoms with Gasteiger partial charge in [-0.2, -0.15) is 0 Å². The molecular weight excluding hydrogens is 276 g/mol. The van der Waals surface area contributed by atoms with Crippen LogP contribution < -0.4 is 10.6 Å². The molecule has 1 aromatic carbocycles. The fraction of sp³-hybridized carbons (Fsp3) is 0.429. The molecule has 0 unspecified atom stereocenters. The largest absolute Gasteiger partial charge is 0.383 e. The van der Waals surface area contributed by atoms with Crippen molar-refractivity contribution >= 4 is 23.6 Å². The van der Waals surface area contributed by atoms with Crippen LogP contribution in [-0.2, 0) is 14.3 Å². The van der Waals surface area contributed by atoms with Gasteiger partial charge in [-0.25, -0.2) is 0 Å². The first-order valence-corrected chi connectivity index (χ1v) is 7.33. The zero-order valence-electron chi connectivity index (χ0n) is 11.8. The molecule has 110 valence electrons. The van der Waals surface area contributed by atoms with Crippen LogP contribution >= 0.6 is 11.8 Å². The number of hydrogen-bond donors (Lipinski definition) is 2. The first-order chi connectivity index (χ1) is 9.63. The molecule has 6 heteroatoms. The number of rotatable bonds is 8. The topological polar surface area (TPSA) is 67.4 Å². The Bertz CT molecular complexity index is 452. The maximum absolute atomic E-state index is 11.6. The molecule has 0 aliphatic rings. The summed E-state index contributed by atoms with van der Waals surface area (Å²) in [6.45, 7) is 2.91. The van der Waals surface area contributed by atoms with Crippen LogP contribution in [0.4, 0.5) is 0 Å². The van der Waals surface area contributed by atoms with Gasteiger partial charge in [0.15, 0.2) is 0 Å². The summed E-state index contributed by atoms with van der Waals surface area (Å²) in [5.74, 6) is -0.0626. The molecule has 2 N–H and O–H groups in total. The van der Waals surface area contributed by atoms with Gasteiger partial charge in [0.2, 0.25) is 11.8 Å². The Hall–Kier alpha value is -1.53. The predicted molar refractivity (Wildman–Crippen MR) is 79.8 cm³/mol. The lowest BCUT2D eigenvalue weighted by atomic mass is 10.2. The molecule has 0 saturated carbocycles. The zero-order chi connectivity index (χ0) is 14.8. The highest BCUT2D eigenvalue weighted by Crippen LogP contribution is 2.21. The highest BCUT2D eigenvalue weighted by Gasteiger charge is 2.06. The molecule has 0 saturated heterocycles. The Morgan fingerprint density at radius 2 is 1.95 bits per heavy atom. The fourth-order valence-corrected chi connectivity index (χ4v) is 2.31. The molecule has 2 amide bonds. The van der Waals surface area contributed by atoms with Crippen LogP contribution in [0.25, 0.3) is 0 Å². The van der Waals surface area contributed by atoms with Crippen LogP contribution in [0.1, 0.15) is 5.56 Å². The molecule has 1 aromatic rings. The van der Waals surface area contributed by atoms with E-state index in [1.807, 2.05) is 31.2 Å². The smallest absolute Gasteiger partial charge is 0.239 e. The molecule has 0 spiro atoms. The van der Waals surface area contributed by atoms with Crippen molar-refractivity contribution in [3.8, 4) is 0 Å². The van der Waals surface area contributed by atoms with Gasteiger partial charge in [-0.15, -0.1) is 11.8 Å². The Morgan fingerprint density at radius 1 is 1.20 bits per heavy atom. The van der Waals surface area contributed by atoms with E-state index >= 15 is 0 Å². The average Bonchev–Trinajstić information content (AvgIpc) is 2.44. The normalized spacial score (nSPS) is 10.1. The van der Waals surface area contributed by atoms with E-state index in [0.29, 0.717) is 18.9 Å².